The molecule has 2 atom stereocenters. The standard InChI is InChI=1S/C7H10N4O2S/c1-3-2-4(5(12)13-3)14-7-9-6(8)10-11-7/h3-4H,2H2,1H3,(H3,8,9,10,11)/t3-,4-/m0/s1. The first-order chi connectivity index (χ1) is 6.65. The summed E-state index contributed by atoms with van der Waals surface area (Å²) in [4.78, 5) is 15.2. The van der Waals surface area contributed by atoms with Gasteiger partial charge in [0, 0.05) is 6.42 Å². The second-order valence-electron chi connectivity index (χ2n) is 3.09. The fourth-order valence-electron chi connectivity index (χ4n) is 1.25. The van der Waals surface area contributed by atoms with Gasteiger partial charge in [0.15, 0.2) is 0 Å². The molecule has 1 aliphatic heterocycles. The summed E-state index contributed by atoms with van der Waals surface area (Å²) in [6.45, 7) is 1.87. The van der Waals surface area contributed by atoms with Gasteiger partial charge in [0.1, 0.15) is 11.4 Å². The van der Waals surface area contributed by atoms with E-state index >= 15 is 0 Å². The second-order valence-corrected chi connectivity index (χ2v) is 4.26. The van der Waals surface area contributed by atoms with Crippen molar-refractivity contribution in [1.29, 1.82) is 0 Å². The van der Waals surface area contributed by atoms with Gasteiger partial charge in [-0.25, -0.2) is 5.10 Å². The van der Waals surface area contributed by atoms with Gasteiger partial charge in [-0.2, -0.15) is 4.98 Å². The second kappa shape index (κ2) is 3.49. The maximum atomic E-state index is 11.3. The van der Waals surface area contributed by atoms with E-state index in [1.807, 2.05) is 6.92 Å². The number of ether oxygens (including phenoxy) is 1. The highest BCUT2D eigenvalue weighted by molar-refractivity contribution is 8.00. The molecular formula is C7H10N4O2S. The predicted octanol–water partition coefficient (Wildman–Crippen LogP) is 0.183. The topological polar surface area (TPSA) is 93.9 Å². The molecule has 6 nitrogen and oxygen atoms in total. The van der Waals surface area contributed by atoms with Gasteiger partial charge in [-0.15, -0.1) is 5.10 Å². The summed E-state index contributed by atoms with van der Waals surface area (Å²) in [5, 5.41) is 6.62. The van der Waals surface area contributed by atoms with Gasteiger partial charge in [0.05, 0.1) is 0 Å². The van der Waals surface area contributed by atoms with Gasteiger partial charge in [-0.1, -0.05) is 11.8 Å². The van der Waals surface area contributed by atoms with Crippen LogP contribution >= 0.6 is 11.8 Å². The van der Waals surface area contributed by atoms with Gasteiger partial charge < -0.3 is 10.5 Å². The fraction of sp³-hybridized carbons (Fsp3) is 0.571. The number of carbonyl (C=O) groups excluding carboxylic acids is 1. The van der Waals surface area contributed by atoms with Crippen LogP contribution in [0.1, 0.15) is 13.3 Å². The van der Waals surface area contributed by atoms with Crippen molar-refractivity contribution < 1.29 is 9.53 Å². The summed E-state index contributed by atoms with van der Waals surface area (Å²) >= 11 is 1.28. The Morgan fingerprint density at radius 3 is 3.00 bits per heavy atom. The molecule has 0 saturated carbocycles. The van der Waals surface area contributed by atoms with Crippen molar-refractivity contribution in [3.8, 4) is 0 Å². The minimum atomic E-state index is -0.208. The SMILES string of the molecule is C[C@H]1C[C@H](Sc2n[nH]c(N)n2)C(=O)O1. The highest BCUT2D eigenvalue weighted by Crippen LogP contribution is 2.29. The lowest BCUT2D eigenvalue weighted by molar-refractivity contribution is -0.140. The Morgan fingerprint density at radius 1 is 1.71 bits per heavy atom. The Balaban J connectivity index is 2.01. The van der Waals surface area contributed by atoms with Crippen LogP contribution < -0.4 is 5.73 Å². The Kier molecular flexibility index (Phi) is 2.32. The van der Waals surface area contributed by atoms with E-state index in [9.17, 15) is 4.79 Å². The lowest BCUT2D eigenvalue weighted by atomic mass is 10.3. The zero-order valence-corrected chi connectivity index (χ0v) is 8.37. The van der Waals surface area contributed by atoms with Crippen LogP contribution in [0.15, 0.2) is 5.16 Å². The number of aromatic amines is 1. The van der Waals surface area contributed by atoms with Gasteiger partial charge in [-0.05, 0) is 6.92 Å². The number of nitrogen functional groups attached to an aromatic ring is 1. The van der Waals surface area contributed by atoms with E-state index in [1.54, 1.807) is 0 Å². The molecular weight excluding hydrogens is 204 g/mol. The molecule has 1 saturated heterocycles. The summed E-state index contributed by atoms with van der Waals surface area (Å²) in [7, 11) is 0. The van der Waals surface area contributed by atoms with Crippen LogP contribution in [0.5, 0.6) is 0 Å². The lowest BCUT2D eigenvalue weighted by Crippen LogP contribution is -2.09. The van der Waals surface area contributed by atoms with Gasteiger partial charge in [-0.3, -0.25) is 4.79 Å². The van der Waals surface area contributed by atoms with E-state index < -0.39 is 0 Å². The van der Waals surface area contributed by atoms with E-state index in [-0.39, 0.29) is 23.3 Å². The van der Waals surface area contributed by atoms with E-state index in [1.165, 1.54) is 11.8 Å². The molecule has 0 radical (unpaired) electrons. The molecule has 14 heavy (non-hydrogen) atoms. The molecule has 1 aromatic rings. The summed E-state index contributed by atoms with van der Waals surface area (Å²) in [5.41, 5.74) is 5.36. The van der Waals surface area contributed by atoms with Crippen LogP contribution in [0.4, 0.5) is 5.95 Å². The Labute approximate surface area is 84.6 Å². The molecule has 1 aromatic heterocycles. The predicted molar refractivity (Wildman–Crippen MR) is 50.6 cm³/mol. The number of hydrogen-bond acceptors (Lipinski definition) is 6. The Morgan fingerprint density at radius 2 is 2.50 bits per heavy atom. The van der Waals surface area contributed by atoms with Crippen molar-refractivity contribution in [1.82, 2.24) is 15.2 Å². The van der Waals surface area contributed by atoms with Crippen LogP contribution in [0.2, 0.25) is 0 Å². The smallest absolute Gasteiger partial charge is 0.319 e. The first-order valence-corrected chi connectivity index (χ1v) is 5.08. The summed E-state index contributed by atoms with van der Waals surface area (Å²) in [6.07, 6.45) is 0.675. The highest BCUT2D eigenvalue weighted by atomic mass is 32.2. The highest BCUT2D eigenvalue weighted by Gasteiger charge is 2.33. The monoisotopic (exact) mass is 214 g/mol. The minimum Gasteiger partial charge on any atom is -0.462 e. The molecule has 3 N–H and O–H groups in total. The zero-order valence-electron chi connectivity index (χ0n) is 7.56. The number of nitrogens with two attached hydrogens (primary N) is 1. The number of nitrogens with one attached hydrogen (secondary N) is 1. The largest absolute Gasteiger partial charge is 0.462 e. The average molecular weight is 214 g/mol. The summed E-state index contributed by atoms with van der Waals surface area (Å²) in [6, 6.07) is 0. The molecule has 0 aromatic carbocycles. The number of cyclic esters (lactones) is 1. The molecule has 1 aliphatic rings. The minimum absolute atomic E-state index is 0.0173. The molecule has 7 heteroatoms. The number of anilines is 1. The number of thioether (sulfide) groups is 1. The van der Waals surface area contributed by atoms with Crippen LogP contribution in [-0.2, 0) is 9.53 Å². The summed E-state index contributed by atoms with van der Waals surface area (Å²) in [5.74, 6) is 0.0535. The number of hydrogen-bond donors (Lipinski definition) is 2. The van der Waals surface area contributed by atoms with Crippen molar-refractivity contribution in [2.75, 3.05) is 5.73 Å². The van der Waals surface area contributed by atoms with Crippen LogP contribution in [-0.4, -0.2) is 32.5 Å². The molecule has 1 fully saturated rings. The number of rotatable bonds is 2. The Bertz CT molecular complexity index is 353. The van der Waals surface area contributed by atoms with Crippen LogP contribution in [0, 0.1) is 0 Å². The molecule has 0 bridgehead atoms. The molecule has 0 unspecified atom stereocenters. The zero-order chi connectivity index (χ0) is 10.1. The van der Waals surface area contributed by atoms with Crippen molar-refractivity contribution in [2.24, 2.45) is 0 Å². The number of esters is 1. The van der Waals surface area contributed by atoms with E-state index in [0.29, 0.717) is 11.6 Å². The summed E-state index contributed by atoms with van der Waals surface area (Å²) < 4.78 is 5.00. The van der Waals surface area contributed by atoms with Gasteiger partial charge in [0.25, 0.3) is 0 Å². The molecule has 2 rings (SSSR count). The Hall–Kier alpha value is -1.24. The molecule has 0 spiro atoms. The third-order valence-corrected chi connectivity index (χ3v) is 2.92. The maximum Gasteiger partial charge on any atom is 0.319 e. The lowest BCUT2D eigenvalue weighted by Gasteiger charge is -1.98. The number of aromatic nitrogens is 3. The fourth-order valence-corrected chi connectivity index (χ4v) is 2.28. The molecule has 0 aliphatic carbocycles. The van der Waals surface area contributed by atoms with Crippen molar-refractivity contribution >= 4 is 23.7 Å². The third kappa shape index (κ3) is 1.82. The van der Waals surface area contributed by atoms with Gasteiger partial charge >= 0.3 is 5.97 Å². The molecule has 2 heterocycles. The number of H-pyrrole nitrogens is 1. The quantitative estimate of drug-likeness (QED) is 0.682. The van der Waals surface area contributed by atoms with Crippen molar-refractivity contribution in [3.05, 3.63) is 0 Å². The number of carbonyl (C=O) groups is 1. The van der Waals surface area contributed by atoms with Crippen LogP contribution in [0.25, 0.3) is 0 Å². The molecule has 76 valence electrons. The first-order valence-electron chi connectivity index (χ1n) is 4.20. The van der Waals surface area contributed by atoms with Gasteiger partial charge in [0.2, 0.25) is 11.1 Å². The third-order valence-electron chi connectivity index (χ3n) is 1.86. The van der Waals surface area contributed by atoms with Crippen LogP contribution in [0.3, 0.4) is 0 Å². The van der Waals surface area contributed by atoms with E-state index in [4.69, 9.17) is 10.5 Å². The normalized spacial score (nSPS) is 26.5. The van der Waals surface area contributed by atoms with E-state index in [0.717, 1.165) is 0 Å². The van der Waals surface area contributed by atoms with E-state index in [2.05, 4.69) is 15.2 Å². The first kappa shape index (κ1) is 9.32. The molecule has 0 amide bonds. The van der Waals surface area contributed by atoms with Crippen molar-refractivity contribution in [3.63, 3.8) is 0 Å². The van der Waals surface area contributed by atoms with Crippen molar-refractivity contribution in [2.45, 2.75) is 29.9 Å². The average Bonchev–Trinajstić information content (AvgIpc) is 2.61. The number of nitrogens with zero attached hydrogens (tertiary/aromatic N) is 2. The maximum absolute atomic E-state index is 11.3.